The van der Waals surface area contributed by atoms with E-state index in [-0.39, 0.29) is 0 Å². The minimum atomic E-state index is -3.23. The minimum Gasteiger partial charge on any atom is -0.316 e. The molecular weight excluding hydrogens is 490 g/mol. The lowest BCUT2D eigenvalue weighted by molar-refractivity contribution is 0.496. The Hall–Kier alpha value is -2.72. The fourth-order valence-electron chi connectivity index (χ4n) is 4.08. The van der Waals surface area contributed by atoms with Gasteiger partial charge in [0.15, 0.2) is 5.13 Å². The van der Waals surface area contributed by atoms with Crippen LogP contribution in [0.2, 0.25) is 5.02 Å². The van der Waals surface area contributed by atoms with E-state index in [0.29, 0.717) is 18.1 Å². The molecule has 7 nitrogen and oxygen atoms in total. The van der Waals surface area contributed by atoms with Crippen LogP contribution < -0.4 is 5.32 Å². The Kier molecular flexibility index (Phi) is 5.97. The van der Waals surface area contributed by atoms with Gasteiger partial charge in [0.25, 0.3) is 0 Å². The number of sulfonamides is 1. The van der Waals surface area contributed by atoms with Gasteiger partial charge in [0.2, 0.25) is 10.0 Å². The van der Waals surface area contributed by atoms with E-state index in [4.69, 9.17) is 21.6 Å². The van der Waals surface area contributed by atoms with Crippen LogP contribution in [0, 0.1) is 6.92 Å². The van der Waals surface area contributed by atoms with Crippen molar-refractivity contribution in [1.82, 2.24) is 18.7 Å². The van der Waals surface area contributed by atoms with Crippen LogP contribution in [-0.4, -0.2) is 46.4 Å². The molecule has 10 heteroatoms. The second-order valence-corrected chi connectivity index (χ2v) is 11.9. The number of pyridine rings is 1. The highest BCUT2D eigenvalue weighted by atomic mass is 35.5. The van der Waals surface area contributed by atoms with Crippen LogP contribution in [0.3, 0.4) is 0 Å². The zero-order chi connectivity index (χ0) is 24.0. The second kappa shape index (κ2) is 8.81. The molecule has 0 amide bonds. The van der Waals surface area contributed by atoms with Gasteiger partial charge in [-0.1, -0.05) is 36.7 Å². The SMILES string of the molecule is CCc1nc2ccc(C3=CCN(S(C)(=O)=O)C3)cn2c1Nc1nc(-c2ccc(Cl)cc2)c(C)s1. The molecule has 0 saturated heterocycles. The number of hydrogen-bond acceptors (Lipinski definition) is 6. The monoisotopic (exact) mass is 513 g/mol. The smallest absolute Gasteiger partial charge is 0.211 e. The van der Waals surface area contributed by atoms with Crippen LogP contribution in [0.15, 0.2) is 48.7 Å². The van der Waals surface area contributed by atoms with Gasteiger partial charge in [0.05, 0.1) is 17.6 Å². The molecule has 0 atom stereocenters. The fourth-order valence-corrected chi connectivity index (χ4v) is 5.76. The Bertz CT molecular complexity index is 1520. The molecule has 34 heavy (non-hydrogen) atoms. The summed E-state index contributed by atoms with van der Waals surface area (Å²) in [4.78, 5) is 10.7. The molecule has 4 heterocycles. The topological polar surface area (TPSA) is 79.6 Å². The van der Waals surface area contributed by atoms with Gasteiger partial charge in [-0.15, -0.1) is 11.3 Å². The third kappa shape index (κ3) is 4.36. The van der Waals surface area contributed by atoms with E-state index >= 15 is 0 Å². The second-order valence-electron chi connectivity index (χ2n) is 8.25. The van der Waals surface area contributed by atoms with Gasteiger partial charge in [-0.3, -0.25) is 4.40 Å². The lowest BCUT2D eigenvalue weighted by Crippen LogP contribution is -2.27. The average molecular weight is 514 g/mol. The molecule has 176 valence electrons. The lowest BCUT2D eigenvalue weighted by Gasteiger charge is -2.13. The highest BCUT2D eigenvalue weighted by molar-refractivity contribution is 7.88. The highest BCUT2D eigenvalue weighted by Crippen LogP contribution is 2.34. The standard InChI is InChI=1S/C24H24ClN5O2S2/c1-4-20-23(28-24-27-22(15(2)33-24)16-5-8-19(25)9-6-16)30-14-17(7-10-21(30)26-20)18-11-12-29(13-18)34(3,31)32/h5-11,14H,4,12-13H2,1-3H3,(H,27,28). The number of nitrogens with one attached hydrogen (secondary N) is 1. The van der Waals surface area contributed by atoms with Crippen molar-refractivity contribution in [2.24, 2.45) is 0 Å². The molecule has 0 fully saturated rings. The molecule has 1 aromatic carbocycles. The summed E-state index contributed by atoms with van der Waals surface area (Å²) in [5, 5.41) is 4.98. The third-order valence-electron chi connectivity index (χ3n) is 5.89. The molecular formula is C24H24ClN5O2S2. The summed E-state index contributed by atoms with van der Waals surface area (Å²) in [7, 11) is -3.23. The zero-order valence-corrected chi connectivity index (χ0v) is 21.4. The van der Waals surface area contributed by atoms with Gasteiger partial charge in [0.1, 0.15) is 11.5 Å². The number of benzene rings is 1. The normalized spacial score (nSPS) is 14.6. The summed E-state index contributed by atoms with van der Waals surface area (Å²) in [6, 6.07) is 11.6. The molecule has 3 aromatic heterocycles. The van der Waals surface area contributed by atoms with Crippen molar-refractivity contribution in [1.29, 1.82) is 0 Å². The van der Waals surface area contributed by atoms with Gasteiger partial charge in [-0.2, -0.15) is 4.31 Å². The summed E-state index contributed by atoms with van der Waals surface area (Å²) in [5.41, 5.74) is 5.67. The van der Waals surface area contributed by atoms with Gasteiger partial charge in [-0.05, 0) is 48.7 Å². The number of anilines is 2. The van der Waals surface area contributed by atoms with Crippen molar-refractivity contribution in [3.05, 3.63) is 69.8 Å². The molecule has 0 aliphatic carbocycles. The maximum absolute atomic E-state index is 11.9. The van der Waals surface area contributed by atoms with E-state index in [1.807, 2.05) is 53.1 Å². The first-order valence-corrected chi connectivity index (χ1v) is 13.9. The molecule has 0 radical (unpaired) electrons. The van der Waals surface area contributed by atoms with Gasteiger partial charge >= 0.3 is 0 Å². The molecule has 1 N–H and O–H groups in total. The van der Waals surface area contributed by atoms with Gasteiger partial charge in [-0.25, -0.2) is 18.4 Å². The Morgan fingerprint density at radius 2 is 1.85 bits per heavy atom. The number of aryl methyl sites for hydroxylation is 2. The van der Waals surface area contributed by atoms with Gasteiger partial charge < -0.3 is 5.32 Å². The van der Waals surface area contributed by atoms with Crippen LogP contribution in [0.1, 0.15) is 23.1 Å². The number of fused-ring (bicyclic) bond motifs is 1. The first kappa shape index (κ1) is 23.0. The summed E-state index contributed by atoms with van der Waals surface area (Å²) in [6.07, 6.45) is 5.99. The van der Waals surface area contributed by atoms with Crippen molar-refractivity contribution in [2.45, 2.75) is 20.3 Å². The van der Waals surface area contributed by atoms with Crippen LogP contribution in [0.5, 0.6) is 0 Å². The van der Waals surface area contributed by atoms with Crippen LogP contribution >= 0.6 is 22.9 Å². The predicted molar refractivity (Wildman–Crippen MR) is 140 cm³/mol. The molecule has 1 aliphatic rings. The number of aromatic nitrogens is 3. The van der Waals surface area contributed by atoms with E-state index in [1.54, 1.807) is 11.3 Å². The molecule has 1 aliphatic heterocycles. The molecule has 0 spiro atoms. The Labute approximate surface area is 207 Å². The number of rotatable bonds is 6. The maximum Gasteiger partial charge on any atom is 0.211 e. The summed E-state index contributed by atoms with van der Waals surface area (Å²) >= 11 is 7.63. The van der Waals surface area contributed by atoms with Crippen molar-refractivity contribution < 1.29 is 8.42 Å². The maximum atomic E-state index is 11.9. The predicted octanol–water partition coefficient (Wildman–Crippen LogP) is 5.38. The van der Waals surface area contributed by atoms with Crippen molar-refractivity contribution in [2.75, 3.05) is 24.7 Å². The van der Waals surface area contributed by atoms with Crippen LogP contribution in [0.4, 0.5) is 10.9 Å². The molecule has 0 unspecified atom stereocenters. The molecule has 0 bridgehead atoms. The summed E-state index contributed by atoms with van der Waals surface area (Å²) < 4.78 is 27.3. The number of nitrogens with zero attached hydrogens (tertiary/aromatic N) is 4. The van der Waals surface area contributed by atoms with Crippen molar-refractivity contribution >= 4 is 55.1 Å². The molecule has 5 rings (SSSR count). The van der Waals surface area contributed by atoms with Crippen molar-refractivity contribution in [3.8, 4) is 11.3 Å². The van der Waals surface area contributed by atoms with E-state index in [2.05, 4.69) is 19.2 Å². The Morgan fingerprint density at radius 1 is 1.12 bits per heavy atom. The molecule has 4 aromatic rings. The Balaban J connectivity index is 1.49. The Morgan fingerprint density at radius 3 is 2.53 bits per heavy atom. The van der Waals surface area contributed by atoms with Gasteiger partial charge in [0, 0.05) is 34.7 Å². The van der Waals surface area contributed by atoms with Crippen LogP contribution in [0.25, 0.3) is 22.5 Å². The first-order chi connectivity index (χ1) is 16.2. The molecule has 0 saturated carbocycles. The minimum absolute atomic E-state index is 0.374. The number of thiazole rings is 1. The average Bonchev–Trinajstić information content (AvgIpc) is 3.51. The van der Waals surface area contributed by atoms with E-state index < -0.39 is 10.0 Å². The van der Waals surface area contributed by atoms with E-state index in [9.17, 15) is 8.42 Å². The zero-order valence-electron chi connectivity index (χ0n) is 19.0. The number of halogens is 1. The van der Waals surface area contributed by atoms with Crippen molar-refractivity contribution in [3.63, 3.8) is 0 Å². The number of imidazole rings is 1. The summed E-state index contributed by atoms with van der Waals surface area (Å²) in [6.45, 7) is 4.90. The quantitative estimate of drug-likeness (QED) is 0.374. The summed E-state index contributed by atoms with van der Waals surface area (Å²) in [5.74, 6) is 0.870. The van der Waals surface area contributed by atoms with E-state index in [0.717, 1.165) is 56.0 Å². The number of hydrogen-bond donors (Lipinski definition) is 1. The lowest BCUT2D eigenvalue weighted by atomic mass is 10.1. The van der Waals surface area contributed by atoms with Crippen LogP contribution in [-0.2, 0) is 16.4 Å². The highest BCUT2D eigenvalue weighted by Gasteiger charge is 2.24. The van der Waals surface area contributed by atoms with E-state index in [1.165, 1.54) is 10.6 Å². The largest absolute Gasteiger partial charge is 0.316 e. The fraction of sp³-hybridized carbons (Fsp3) is 0.250. The third-order valence-corrected chi connectivity index (χ3v) is 8.25. The first-order valence-electron chi connectivity index (χ1n) is 10.9.